The number of hydrogen-bond acceptors (Lipinski definition) is 2. The van der Waals surface area contributed by atoms with E-state index in [0.717, 1.165) is 16.9 Å². The molecule has 1 heterocycles. The fourth-order valence-corrected chi connectivity index (χ4v) is 1.73. The lowest BCUT2D eigenvalue weighted by molar-refractivity contribution is 0.872. The molecule has 0 unspecified atom stereocenters. The van der Waals surface area contributed by atoms with Gasteiger partial charge in [-0.05, 0) is 32.0 Å². The second kappa shape index (κ2) is 4.00. The minimum atomic E-state index is 0.490. The molecule has 2 rings (SSSR count). The zero-order valence-electron chi connectivity index (χ0n) is 8.96. The summed E-state index contributed by atoms with van der Waals surface area (Å²) >= 11 is 11.8. The molecular formula is C11H11Cl2N3. The molecule has 0 atom stereocenters. The summed E-state index contributed by atoms with van der Waals surface area (Å²) in [5.74, 6) is 0.621. The number of halogens is 2. The number of anilines is 1. The maximum Gasteiger partial charge on any atom is 0.130 e. The van der Waals surface area contributed by atoms with E-state index >= 15 is 0 Å². The SMILES string of the molecule is Cc1nn(-c2ccc(Cl)c(Cl)c2)c(N)c1C. The van der Waals surface area contributed by atoms with E-state index in [1.807, 2.05) is 19.9 Å². The summed E-state index contributed by atoms with van der Waals surface area (Å²) in [5.41, 5.74) is 8.64. The van der Waals surface area contributed by atoms with Gasteiger partial charge < -0.3 is 5.73 Å². The molecule has 0 aliphatic carbocycles. The molecule has 0 fully saturated rings. The summed E-state index contributed by atoms with van der Waals surface area (Å²) in [6.07, 6.45) is 0. The van der Waals surface area contributed by atoms with Crippen LogP contribution in [0.4, 0.5) is 5.82 Å². The summed E-state index contributed by atoms with van der Waals surface area (Å²) in [5, 5.41) is 5.35. The lowest BCUT2D eigenvalue weighted by atomic mass is 10.3. The second-order valence-corrected chi connectivity index (χ2v) is 4.42. The maximum absolute atomic E-state index is 5.95. The Labute approximate surface area is 104 Å². The van der Waals surface area contributed by atoms with Crippen LogP contribution >= 0.6 is 23.2 Å². The van der Waals surface area contributed by atoms with Crippen molar-refractivity contribution in [1.29, 1.82) is 0 Å². The van der Waals surface area contributed by atoms with Gasteiger partial charge in [-0.25, -0.2) is 4.68 Å². The van der Waals surface area contributed by atoms with E-state index in [1.165, 1.54) is 0 Å². The lowest BCUT2D eigenvalue weighted by Crippen LogP contribution is -2.02. The third-order valence-electron chi connectivity index (χ3n) is 2.55. The summed E-state index contributed by atoms with van der Waals surface area (Å²) in [6.45, 7) is 3.85. The first-order valence-corrected chi connectivity index (χ1v) is 5.53. The first-order chi connectivity index (χ1) is 7.50. The van der Waals surface area contributed by atoms with Crippen molar-refractivity contribution in [3.8, 4) is 5.69 Å². The molecule has 1 aromatic heterocycles. The number of nitrogens with zero attached hydrogens (tertiary/aromatic N) is 2. The van der Waals surface area contributed by atoms with Crippen molar-refractivity contribution in [3.63, 3.8) is 0 Å². The molecule has 16 heavy (non-hydrogen) atoms. The van der Waals surface area contributed by atoms with Crippen LogP contribution in [0.3, 0.4) is 0 Å². The van der Waals surface area contributed by atoms with Gasteiger partial charge in [0, 0.05) is 5.56 Å². The van der Waals surface area contributed by atoms with E-state index in [-0.39, 0.29) is 0 Å². The van der Waals surface area contributed by atoms with Gasteiger partial charge in [0.25, 0.3) is 0 Å². The number of benzene rings is 1. The Morgan fingerprint density at radius 2 is 1.88 bits per heavy atom. The zero-order chi connectivity index (χ0) is 11.9. The van der Waals surface area contributed by atoms with Gasteiger partial charge in [0.15, 0.2) is 0 Å². The van der Waals surface area contributed by atoms with Crippen molar-refractivity contribution in [3.05, 3.63) is 39.5 Å². The predicted molar refractivity (Wildman–Crippen MR) is 67.5 cm³/mol. The molecule has 5 heteroatoms. The highest BCUT2D eigenvalue weighted by Gasteiger charge is 2.10. The molecule has 2 aromatic rings. The average molecular weight is 256 g/mol. The van der Waals surface area contributed by atoms with Crippen LogP contribution < -0.4 is 5.73 Å². The number of hydrogen-bond donors (Lipinski definition) is 1. The largest absolute Gasteiger partial charge is 0.383 e. The monoisotopic (exact) mass is 255 g/mol. The van der Waals surface area contributed by atoms with Crippen molar-refractivity contribution in [2.75, 3.05) is 5.73 Å². The third kappa shape index (κ3) is 1.77. The predicted octanol–water partition coefficient (Wildman–Crippen LogP) is 3.38. The Hall–Kier alpha value is -1.19. The first kappa shape index (κ1) is 11.3. The quantitative estimate of drug-likeness (QED) is 0.849. The summed E-state index contributed by atoms with van der Waals surface area (Å²) < 4.78 is 1.66. The molecular weight excluding hydrogens is 245 g/mol. The lowest BCUT2D eigenvalue weighted by Gasteiger charge is -2.05. The van der Waals surface area contributed by atoms with E-state index in [2.05, 4.69) is 5.10 Å². The normalized spacial score (nSPS) is 10.8. The molecule has 3 nitrogen and oxygen atoms in total. The molecule has 84 valence electrons. The molecule has 0 saturated heterocycles. The zero-order valence-corrected chi connectivity index (χ0v) is 10.5. The van der Waals surface area contributed by atoms with Gasteiger partial charge >= 0.3 is 0 Å². The smallest absolute Gasteiger partial charge is 0.130 e. The fourth-order valence-electron chi connectivity index (χ4n) is 1.44. The van der Waals surface area contributed by atoms with Crippen molar-refractivity contribution in [2.24, 2.45) is 0 Å². The molecule has 0 bridgehead atoms. The van der Waals surface area contributed by atoms with Crippen LogP contribution in [-0.2, 0) is 0 Å². The van der Waals surface area contributed by atoms with E-state index in [1.54, 1.807) is 16.8 Å². The summed E-state index contributed by atoms with van der Waals surface area (Å²) in [6, 6.07) is 5.30. The van der Waals surface area contributed by atoms with Crippen molar-refractivity contribution >= 4 is 29.0 Å². The fraction of sp³-hybridized carbons (Fsp3) is 0.182. The van der Waals surface area contributed by atoms with Crippen molar-refractivity contribution in [2.45, 2.75) is 13.8 Å². The van der Waals surface area contributed by atoms with Gasteiger partial charge in [-0.3, -0.25) is 0 Å². The standard InChI is InChI=1S/C11H11Cl2N3/c1-6-7(2)15-16(11(6)14)8-3-4-9(12)10(13)5-8/h3-5H,14H2,1-2H3. The Bertz CT molecular complexity index is 546. The number of rotatable bonds is 1. The van der Waals surface area contributed by atoms with Gasteiger partial charge in [-0.15, -0.1) is 0 Å². The molecule has 0 amide bonds. The Morgan fingerprint density at radius 1 is 1.19 bits per heavy atom. The summed E-state index contributed by atoms with van der Waals surface area (Å²) in [4.78, 5) is 0. The van der Waals surface area contributed by atoms with E-state index in [9.17, 15) is 0 Å². The number of nitrogens with two attached hydrogens (primary N) is 1. The molecule has 0 aliphatic heterocycles. The second-order valence-electron chi connectivity index (χ2n) is 3.61. The van der Waals surface area contributed by atoms with Crippen LogP contribution in [-0.4, -0.2) is 9.78 Å². The van der Waals surface area contributed by atoms with Crippen LogP contribution in [0.15, 0.2) is 18.2 Å². The molecule has 0 spiro atoms. The Balaban J connectivity index is 2.59. The highest BCUT2D eigenvalue weighted by atomic mass is 35.5. The van der Waals surface area contributed by atoms with Crippen LogP contribution in [0.1, 0.15) is 11.3 Å². The van der Waals surface area contributed by atoms with E-state index in [4.69, 9.17) is 28.9 Å². The van der Waals surface area contributed by atoms with Gasteiger partial charge in [0.1, 0.15) is 5.82 Å². The maximum atomic E-state index is 5.95. The minimum absolute atomic E-state index is 0.490. The van der Waals surface area contributed by atoms with Gasteiger partial charge in [-0.2, -0.15) is 5.10 Å². The first-order valence-electron chi connectivity index (χ1n) is 4.78. The molecule has 1 aromatic carbocycles. The third-order valence-corrected chi connectivity index (χ3v) is 3.29. The van der Waals surface area contributed by atoms with Crippen LogP contribution in [0.25, 0.3) is 5.69 Å². The topological polar surface area (TPSA) is 43.8 Å². The molecule has 2 N–H and O–H groups in total. The molecule has 0 radical (unpaired) electrons. The average Bonchev–Trinajstić information content (AvgIpc) is 2.50. The van der Waals surface area contributed by atoms with Crippen molar-refractivity contribution in [1.82, 2.24) is 9.78 Å². The number of nitrogen functional groups attached to an aromatic ring is 1. The van der Waals surface area contributed by atoms with E-state index < -0.39 is 0 Å². The van der Waals surface area contributed by atoms with Crippen LogP contribution in [0.2, 0.25) is 10.0 Å². The minimum Gasteiger partial charge on any atom is -0.383 e. The Kier molecular flexibility index (Phi) is 2.82. The highest BCUT2D eigenvalue weighted by molar-refractivity contribution is 6.42. The van der Waals surface area contributed by atoms with Crippen LogP contribution in [0.5, 0.6) is 0 Å². The summed E-state index contributed by atoms with van der Waals surface area (Å²) in [7, 11) is 0. The van der Waals surface area contributed by atoms with Gasteiger partial charge in [0.05, 0.1) is 21.4 Å². The van der Waals surface area contributed by atoms with Crippen LogP contribution in [0, 0.1) is 13.8 Å². The van der Waals surface area contributed by atoms with E-state index in [0.29, 0.717) is 15.9 Å². The number of aryl methyl sites for hydroxylation is 1. The van der Waals surface area contributed by atoms with Crippen molar-refractivity contribution < 1.29 is 0 Å². The van der Waals surface area contributed by atoms with Gasteiger partial charge in [-0.1, -0.05) is 23.2 Å². The van der Waals surface area contributed by atoms with Gasteiger partial charge in [0.2, 0.25) is 0 Å². The molecule has 0 saturated carbocycles. The highest BCUT2D eigenvalue weighted by Crippen LogP contribution is 2.26. The molecule has 0 aliphatic rings. The number of aromatic nitrogens is 2. The Morgan fingerprint density at radius 3 is 2.38 bits per heavy atom.